The first-order chi connectivity index (χ1) is 20.2. The topological polar surface area (TPSA) is 125 Å². The maximum absolute atomic E-state index is 13.1. The number of aromatic amines is 1. The molecule has 15 heteroatoms. The van der Waals surface area contributed by atoms with E-state index in [4.69, 9.17) is 4.74 Å². The lowest BCUT2D eigenvalue weighted by atomic mass is 10.1. The van der Waals surface area contributed by atoms with Crippen LogP contribution in [-0.2, 0) is 22.8 Å². The van der Waals surface area contributed by atoms with Gasteiger partial charge >= 0.3 is 6.18 Å². The van der Waals surface area contributed by atoms with E-state index in [1.165, 1.54) is 0 Å². The van der Waals surface area contributed by atoms with Crippen LogP contribution < -0.4 is 15.4 Å². The quantitative estimate of drug-likeness (QED) is 0.376. The summed E-state index contributed by atoms with van der Waals surface area (Å²) in [6.45, 7) is 2.93. The summed E-state index contributed by atoms with van der Waals surface area (Å²) < 4.78 is 46.1. The van der Waals surface area contributed by atoms with Crippen LogP contribution in [0, 0.1) is 0 Å². The number of aromatic nitrogens is 6. The first kappa shape index (κ1) is 27.6. The normalized spacial score (nSPS) is 18.1. The molecule has 0 aliphatic carbocycles. The average molecular weight is 584 g/mol. The van der Waals surface area contributed by atoms with Crippen LogP contribution in [0.25, 0.3) is 22.0 Å². The van der Waals surface area contributed by atoms with Crippen LogP contribution in [0.15, 0.2) is 47.7 Å². The van der Waals surface area contributed by atoms with E-state index in [2.05, 4.69) is 25.3 Å². The van der Waals surface area contributed by atoms with Gasteiger partial charge in [-0.2, -0.15) is 23.4 Å². The zero-order valence-electron chi connectivity index (χ0n) is 22.7. The number of rotatable bonds is 5. The number of ether oxygens (including phenoxy) is 1. The molecule has 1 atom stereocenters. The molecule has 0 radical (unpaired) electrons. The van der Waals surface area contributed by atoms with Crippen molar-refractivity contribution in [3.8, 4) is 11.3 Å². The third-order valence-corrected chi connectivity index (χ3v) is 7.50. The van der Waals surface area contributed by atoms with Gasteiger partial charge in [-0.3, -0.25) is 14.3 Å². The number of hydrogen-bond acceptors (Lipinski definition) is 9. The Labute approximate surface area is 237 Å². The number of carbonyl (C=O) groups is 1. The Balaban J connectivity index is 1.10. The zero-order chi connectivity index (χ0) is 29.4. The Bertz CT molecular complexity index is 1650. The first-order valence-corrected chi connectivity index (χ1v) is 13.5. The van der Waals surface area contributed by atoms with Crippen molar-refractivity contribution in [3.63, 3.8) is 0 Å². The third-order valence-electron chi connectivity index (χ3n) is 7.50. The van der Waals surface area contributed by atoms with E-state index in [0.29, 0.717) is 62.5 Å². The van der Waals surface area contributed by atoms with Gasteiger partial charge in [0.1, 0.15) is 0 Å². The number of piperazine rings is 1. The van der Waals surface area contributed by atoms with Crippen molar-refractivity contribution in [2.24, 2.45) is 7.05 Å². The largest absolute Gasteiger partial charge is 0.419 e. The smallest absolute Gasteiger partial charge is 0.374 e. The molecule has 4 aromatic rings. The molecule has 0 saturated carbocycles. The second-order valence-corrected chi connectivity index (χ2v) is 10.3. The Hall–Kier alpha value is -4.53. The van der Waals surface area contributed by atoms with Crippen molar-refractivity contribution in [1.29, 1.82) is 0 Å². The monoisotopic (exact) mass is 583 g/mol. The van der Waals surface area contributed by atoms with E-state index in [1.807, 2.05) is 36.3 Å². The van der Waals surface area contributed by atoms with Gasteiger partial charge in [0.25, 0.3) is 5.56 Å². The molecule has 2 saturated heterocycles. The van der Waals surface area contributed by atoms with E-state index in [0.717, 1.165) is 23.7 Å². The number of aryl methyl sites for hydroxylation is 1. The molecule has 220 valence electrons. The molecule has 1 amide bonds. The standard InChI is InChI=1S/C27H28F3N9O3/c1-36-5-4-22(35-36)17-2-3-20-21(12-17)24(33-34-25(20)41)39-10-11-42-19(16-39)13-23(40)37-6-8-38(9-7-37)26-31-14-18(15-32-26)27(28,29)30/h2-5,12,14-15,19H,6-11,13,16H2,1H3,(H,34,41). The van der Waals surface area contributed by atoms with Gasteiger partial charge in [-0.25, -0.2) is 15.1 Å². The number of morpholine rings is 1. The first-order valence-electron chi connectivity index (χ1n) is 13.5. The predicted molar refractivity (Wildman–Crippen MR) is 147 cm³/mol. The molecule has 1 aromatic carbocycles. The Kier molecular flexibility index (Phi) is 7.26. The van der Waals surface area contributed by atoms with Crippen molar-refractivity contribution in [2.75, 3.05) is 55.7 Å². The molecular weight excluding hydrogens is 555 g/mol. The summed E-state index contributed by atoms with van der Waals surface area (Å²) in [5, 5.41) is 12.6. The third kappa shape index (κ3) is 5.64. The van der Waals surface area contributed by atoms with Gasteiger partial charge in [0.15, 0.2) is 5.82 Å². The highest BCUT2D eigenvalue weighted by atomic mass is 19.4. The highest BCUT2D eigenvalue weighted by molar-refractivity contribution is 5.94. The van der Waals surface area contributed by atoms with Gasteiger partial charge in [-0.1, -0.05) is 6.07 Å². The molecule has 1 N–H and O–H groups in total. The summed E-state index contributed by atoms with van der Waals surface area (Å²) in [5.41, 5.74) is 0.445. The molecule has 2 aliphatic rings. The number of hydrogen-bond donors (Lipinski definition) is 1. The lowest BCUT2D eigenvalue weighted by Crippen LogP contribution is -2.51. The number of nitrogens with one attached hydrogen (secondary N) is 1. The number of H-pyrrole nitrogens is 1. The summed E-state index contributed by atoms with van der Waals surface area (Å²) in [7, 11) is 1.84. The highest BCUT2D eigenvalue weighted by Crippen LogP contribution is 2.30. The minimum Gasteiger partial charge on any atom is -0.374 e. The lowest BCUT2D eigenvalue weighted by molar-refractivity contribution is -0.138. The molecule has 2 fully saturated rings. The Morgan fingerprint density at radius 2 is 1.81 bits per heavy atom. The minimum absolute atomic E-state index is 0.0773. The van der Waals surface area contributed by atoms with Crippen molar-refractivity contribution in [1.82, 2.24) is 34.8 Å². The fourth-order valence-electron chi connectivity index (χ4n) is 5.27. The lowest BCUT2D eigenvalue weighted by Gasteiger charge is -2.37. The fourth-order valence-corrected chi connectivity index (χ4v) is 5.27. The zero-order valence-corrected chi connectivity index (χ0v) is 22.7. The van der Waals surface area contributed by atoms with Gasteiger partial charge < -0.3 is 19.4 Å². The highest BCUT2D eigenvalue weighted by Gasteiger charge is 2.32. The van der Waals surface area contributed by atoms with E-state index in [-0.39, 0.29) is 29.9 Å². The molecule has 42 heavy (non-hydrogen) atoms. The second-order valence-electron chi connectivity index (χ2n) is 10.3. The number of carbonyl (C=O) groups excluding carboxylic acids is 1. The van der Waals surface area contributed by atoms with Crippen LogP contribution >= 0.6 is 0 Å². The molecule has 0 spiro atoms. The Morgan fingerprint density at radius 3 is 2.50 bits per heavy atom. The number of nitrogens with zero attached hydrogens (tertiary/aromatic N) is 8. The van der Waals surface area contributed by atoms with Crippen molar-refractivity contribution < 1.29 is 22.7 Å². The summed E-state index contributed by atoms with van der Waals surface area (Å²) >= 11 is 0. The molecule has 2 aliphatic heterocycles. The molecule has 0 bridgehead atoms. The average Bonchev–Trinajstić information content (AvgIpc) is 3.43. The van der Waals surface area contributed by atoms with Crippen LogP contribution in [0.1, 0.15) is 12.0 Å². The minimum atomic E-state index is -4.50. The second kappa shape index (κ2) is 11.0. The van der Waals surface area contributed by atoms with E-state index in [9.17, 15) is 22.8 Å². The number of amides is 1. The van der Waals surface area contributed by atoms with E-state index in [1.54, 1.807) is 20.5 Å². The number of benzene rings is 1. The maximum atomic E-state index is 13.1. The van der Waals surface area contributed by atoms with Crippen molar-refractivity contribution in [3.05, 3.63) is 58.8 Å². The van der Waals surface area contributed by atoms with Crippen molar-refractivity contribution >= 4 is 28.4 Å². The predicted octanol–water partition coefficient (Wildman–Crippen LogP) is 2.08. The molecule has 3 aromatic heterocycles. The number of alkyl halides is 3. The fraction of sp³-hybridized carbons (Fsp3) is 0.407. The SMILES string of the molecule is Cn1ccc(-c2ccc3c(=O)[nH]nc(N4CCOC(CC(=O)N5CCN(c6ncc(C(F)(F)F)cn6)CC5)C4)c3c2)n1. The van der Waals surface area contributed by atoms with Gasteiger partial charge in [0.2, 0.25) is 11.9 Å². The summed E-state index contributed by atoms with van der Waals surface area (Å²) in [4.78, 5) is 38.9. The molecule has 1 unspecified atom stereocenters. The molecular formula is C27H28F3N9O3. The molecule has 12 nitrogen and oxygen atoms in total. The van der Waals surface area contributed by atoms with Crippen LogP contribution in [0.2, 0.25) is 0 Å². The van der Waals surface area contributed by atoms with Crippen LogP contribution in [0.4, 0.5) is 24.9 Å². The van der Waals surface area contributed by atoms with Gasteiger partial charge in [-0.15, -0.1) is 0 Å². The van der Waals surface area contributed by atoms with Gasteiger partial charge in [0, 0.05) is 75.9 Å². The summed E-state index contributed by atoms with van der Waals surface area (Å²) in [6, 6.07) is 7.42. The van der Waals surface area contributed by atoms with Crippen LogP contribution in [0.5, 0.6) is 0 Å². The van der Waals surface area contributed by atoms with Crippen LogP contribution in [0.3, 0.4) is 0 Å². The summed E-state index contributed by atoms with van der Waals surface area (Å²) in [5.74, 6) is 0.730. The van der Waals surface area contributed by atoms with Gasteiger partial charge in [0.05, 0.1) is 35.8 Å². The van der Waals surface area contributed by atoms with E-state index >= 15 is 0 Å². The molecule has 5 heterocycles. The number of anilines is 2. The summed E-state index contributed by atoms with van der Waals surface area (Å²) in [6.07, 6.45) is -1.33. The number of halogens is 3. The van der Waals surface area contributed by atoms with E-state index < -0.39 is 11.7 Å². The molecule has 6 rings (SSSR count). The van der Waals surface area contributed by atoms with Crippen molar-refractivity contribution in [2.45, 2.75) is 18.7 Å². The van der Waals surface area contributed by atoms with Crippen LogP contribution in [-0.4, -0.2) is 92.7 Å². The Morgan fingerprint density at radius 1 is 1.05 bits per heavy atom. The maximum Gasteiger partial charge on any atom is 0.419 e. The van der Waals surface area contributed by atoms with Gasteiger partial charge in [-0.05, 0) is 18.2 Å². The number of fused-ring (bicyclic) bond motifs is 1.